The Kier molecular flexibility index (Phi) is 8.48. The minimum atomic E-state index is -1.20. The van der Waals surface area contributed by atoms with Crippen LogP contribution in [0.15, 0.2) is 24.3 Å². The molecule has 2 aromatic carbocycles. The highest BCUT2D eigenvalue weighted by molar-refractivity contribution is 5.71. The molecule has 28 heavy (non-hydrogen) atoms. The zero-order chi connectivity index (χ0) is 20.5. The van der Waals surface area contributed by atoms with Crippen molar-refractivity contribution in [3.63, 3.8) is 0 Å². The lowest BCUT2D eigenvalue weighted by atomic mass is 10.0. The van der Waals surface area contributed by atoms with E-state index in [1.54, 1.807) is 12.1 Å². The van der Waals surface area contributed by atoms with Crippen LogP contribution in [-0.2, 0) is 6.67 Å². The lowest BCUT2D eigenvalue weighted by Crippen LogP contribution is -2.05. The first-order chi connectivity index (χ1) is 13.5. The number of hydrogen-bond donors (Lipinski definition) is 0. The third-order valence-electron chi connectivity index (χ3n) is 4.00. The second kappa shape index (κ2) is 10.8. The number of benzene rings is 2. The molecule has 2 rings (SSSR count). The monoisotopic (exact) mass is 396 g/mol. The van der Waals surface area contributed by atoms with E-state index in [9.17, 15) is 13.2 Å². The average molecular weight is 396 g/mol. The van der Waals surface area contributed by atoms with E-state index in [4.69, 9.17) is 14.2 Å². The Morgan fingerprint density at radius 1 is 0.679 bits per heavy atom. The van der Waals surface area contributed by atoms with Gasteiger partial charge in [0.2, 0.25) is 5.75 Å². The second-order valence-corrected chi connectivity index (χ2v) is 6.40. The highest BCUT2D eigenvalue weighted by Gasteiger charge is 2.18. The van der Waals surface area contributed by atoms with E-state index in [-0.39, 0.29) is 5.56 Å². The summed E-state index contributed by atoms with van der Waals surface area (Å²) in [6.07, 6.45) is 2.39. The van der Waals surface area contributed by atoms with E-state index in [2.05, 4.69) is 0 Å². The normalized spacial score (nSPS) is 10.8. The predicted molar refractivity (Wildman–Crippen MR) is 104 cm³/mol. The van der Waals surface area contributed by atoms with Crippen LogP contribution in [0.25, 0.3) is 11.1 Å². The molecule has 0 saturated heterocycles. The van der Waals surface area contributed by atoms with Crippen LogP contribution in [0.2, 0.25) is 0 Å². The maximum absolute atomic E-state index is 14.1. The number of hydrogen-bond acceptors (Lipinski definition) is 3. The third-order valence-corrected chi connectivity index (χ3v) is 4.00. The summed E-state index contributed by atoms with van der Waals surface area (Å²) in [6.45, 7) is 6.16. The molecule has 0 aliphatic rings. The van der Waals surface area contributed by atoms with Gasteiger partial charge in [0, 0.05) is 0 Å². The number of alkyl halides is 1. The van der Waals surface area contributed by atoms with Crippen LogP contribution < -0.4 is 14.2 Å². The molecule has 0 radical (unpaired) electrons. The lowest BCUT2D eigenvalue weighted by Gasteiger charge is -2.18. The molecule has 0 fully saturated rings. The fraction of sp³-hybridized carbons (Fsp3) is 0.455. The molecule has 0 amide bonds. The van der Waals surface area contributed by atoms with Crippen molar-refractivity contribution in [3.8, 4) is 28.4 Å². The van der Waals surface area contributed by atoms with Gasteiger partial charge in [-0.3, -0.25) is 0 Å². The molecule has 0 N–H and O–H groups in total. The first-order valence-electron chi connectivity index (χ1n) is 9.66. The standard InChI is InChI=1S/C22H27F3O3/c1-4-7-26-20-12-16(15-10-18(24)17(14-23)19(25)11-15)13-21(27-8-5-2)22(20)28-9-6-3/h10-13H,4-9,14H2,1-3H3. The van der Waals surface area contributed by atoms with Gasteiger partial charge < -0.3 is 14.2 Å². The fourth-order valence-corrected chi connectivity index (χ4v) is 2.63. The molecule has 0 atom stereocenters. The Bertz CT molecular complexity index is 726. The number of halogens is 3. The predicted octanol–water partition coefficient (Wildman–Crippen LogP) is 6.47. The quantitative estimate of drug-likeness (QED) is 0.436. The minimum Gasteiger partial charge on any atom is -0.490 e. The molecule has 0 saturated carbocycles. The minimum absolute atomic E-state index is 0.275. The van der Waals surface area contributed by atoms with Crippen molar-refractivity contribution in [1.82, 2.24) is 0 Å². The van der Waals surface area contributed by atoms with Crippen molar-refractivity contribution < 1.29 is 27.4 Å². The first-order valence-corrected chi connectivity index (χ1v) is 9.66. The largest absolute Gasteiger partial charge is 0.490 e. The average Bonchev–Trinajstić information content (AvgIpc) is 2.69. The molecule has 0 heterocycles. The van der Waals surface area contributed by atoms with Gasteiger partial charge in [-0.1, -0.05) is 20.8 Å². The van der Waals surface area contributed by atoms with Crippen molar-refractivity contribution >= 4 is 0 Å². The molecular formula is C22H27F3O3. The van der Waals surface area contributed by atoms with E-state index >= 15 is 0 Å². The Morgan fingerprint density at radius 3 is 1.54 bits per heavy atom. The molecular weight excluding hydrogens is 369 g/mol. The highest BCUT2D eigenvalue weighted by atomic mass is 19.1. The van der Waals surface area contributed by atoms with Gasteiger partial charge in [0.25, 0.3) is 0 Å². The smallest absolute Gasteiger partial charge is 0.203 e. The Balaban J connectivity index is 2.57. The topological polar surface area (TPSA) is 27.7 Å². The van der Waals surface area contributed by atoms with Gasteiger partial charge in [-0.05, 0) is 54.7 Å². The van der Waals surface area contributed by atoms with Crippen molar-refractivity contribution in [2.45, 2.75) is 46.7 Å². The third kappa shape index (κ3) is 5.33. The zero-order valence-electron chi connectivity index (χ0n) is 16.6. The summed E-state index contributed by atoms with van der Waals surface area (Å²) >= 11 is 0. The van der Waals surface area contributed by atoms with E-state index in [0.717, 1.165) is 31.4 Å². The molecule has 3 nitrogen and oxygen atoms in total. The van der Waals surface area contributed by atoms with E-state index in [1.807, 2.05) is 20.8 Å². The number of rotatable bonds is 11. The van der Waals surface area contributed by atoms with Crippen molar-refractivity contribution in [2.75, 3.05) is 19.8 Å². The van der Waals surface area contributed by atoms with Crippen molar-refractivity contribution in [2.24, 2.45) is 0 Å². The molecule has 2 aromatic rings. The summed E-state index contributed by atoms with van der Waals surface area (Å²) in [7, 11) is 0. The van der Waals surface area contributed by atoms with Crippen LogP contribution in [-0.4, -0.2) is 19.8 Å². The van der Waals surface area contributed by atoms with Crippen LogP contribution in [0, 0.1) is 11.6 Å². The molecule has 0 unspecified atom stereocenters. The van der Waals surface area contributed by atoms with Gasteiger partial charge in [-0.25, -0.2) is 13.2 Å². The lowest BCUT2D eigenvalue weighted by molar-refractivity contribution is 0.243. The van der Waals surface area contributed by atoms with Gasteiger partial charge >= 0.3 is 0 Å². The Labute approximate surface area is 164 Å². The van der Waals surface area contributed by atoms with E-state index < -0.39 is 23.9 Å². The fourth-order valence-electron chi connectivity index (χ4n) is 2.63. The summed E-state index contributed by atoms with van der Waals surface area (Å²) in [5, 5.41) is 0. The molecule has 6 heteroatoms. The second-order valence-electron chi connectivity index (χ2n) is 6.40. The summed E-state index contributed by atoms with van der Waals surface area (Å²) in [5.74, 6) is -0.455. The van der Waals surface area contributed by atoms with Gasteiger partial charge in [-0.2, -0.15) is 0 Å². The summed E-state index contributed by atoms with van der Waals surface area (Å²) in [5.41, 5.74) is 0.206. The van der Waals surface area contributed by atoms with Crippen molar-refractivity contribution in [3.05, 3.63) is 41.5 Å². The summed E-state index contributed by atoms with van der Waals surface area (Å²) < 4.78 is 58.5. The molecule has 0 aromatic heterocycles. The maximum Gasteiger partial charge on any atom is 0.203 e. The maximum atomic E-state index is 14.1. The molecule has 0 spiro atoms. The van der Waals surface area contributed by atoms with Crippen molar-refractivity contribution in [1.29, 1.82) is 0 Å². The Morgan fingerprint density at radius 2 is 1.11 bits per heavy atom. The van der Waals surface area contributed by atoms with E-state index in [0.29, 0.717) is 42.6 Å². The van der Waals surface area contributed by atoms with Gasteiger partial charge in [0.05, 0.1) is 25.4 Å². The van der Waals surface area contributed by atoms with Gasteiger partial charge in [0.15, 0.2) is 11.5 Å². The van der Waals surface area contributed by atoms with Crippen LogP contribution in [0.1, 0.15) is 45.6 Å². The highest BCUT2D eigenvalue weighted by Crippen LogP contribution is 2.42. The molecule has 0 aliphatic heterocycles. The van der Waals surface area contributed by atoms with Crippen LogP contribution in [0.4, 0.5) is 13.2 Å². The molecule has 0 bridgehead atoms. The first kappa shape index (κ1) is 21.9. The zero-order valence-corrected chi connectivity index (χ0v) is 16.6. The van der Waals surface area contributed by atoms with Gasteiger partial charge in [0.1, 0.15) is 18.3 Å². The van der Waals surface area contributed by atoms with Crippen LogP contribution >= 0.6 is 0 Å². The Hall–Kier alpha value is -2.37. The number of ether oxygens (including phenoxy) is 3. The van der Waals surface area contributed by atoms with Crippen LogP contribution in [0.5, 0.6) is 17.2 Å². The SMILES string of the molecule is CCCOc1cc(-c2cc(F)c(CF)c(F)c2)cc(OCCC)c1OCCC. The van der Waals surface area contributed by atoms with E-state index in [1.165, 1.54) is 0 Å². The summed E-state index contributed by atoms with van der Waals surface area (Å²) in [6, 6.07) is 5.58. The van der Waals surface area contributed by atoms with Crippen LogP contribution in [0.3, 0.4) is 0 Å². The molecule has 154 valence electrons. The molecule has 0 aliphatic carbocycles. The van der Waals surface area contributed by atoms with Gasteiger partial charge in [-0.15, -0.1) is 0 Å². The summed E-state index contributed by atoms with van der Waals surface area (Å²) in [4.78, 5) is 0.